The van der Waals surface area contributed by atoms with Crippen LogP contribution in [0, 0.1) is 0 Å². The first-order valence-corrected chi connectivity index (χ1v) is 13.7. The molecule has 38 heavy (non-hydrogen) atoms. The molecule has 4 aliphatic rings. The molecule has 200 valence electrons. The van der Waals surface area contributed by atoms with E-state index in [-0.39, 0.29) is 36.0 Å². The number of anilines is 1. The minimum atomic E-state index is -0.682. The lowest BCUT2D eigenvalue weighted by atomic mass is 9.94. The maximum absolute atomic E-state index is 12.8. The maximum Gasteiger partial charge on any atom is 0.255 e. The number of likely N-dealkylation sites (tertiary alicyclic amines) is 1. The predicted molar refractivity (Wildman–Crippen MR) is 143 cm³/mol. The Kier molecular flexibility index (Phi) is 5.83. The molecule has 4 aliphatic heterocycles. The second-order valence-corrected chi connectivity index (χ2v) is 11.5. The van der Waals surface area contributed by atoms with Gasteiger partial charge in [-0.15, -0.1) is 0 Å². The molecule has 3 aromatic rings. The average Bonchev–Trinajstić information content (AvgIpc) is 3.73. The Morgan fingerprint density at radius 2 is 1.95 bits per heavy atom. The van der Waals surface area contributed by atoms with E-state index >= 15 is 0 Å². The van der Waals surface area contributed by atoms with Crippen LogP contribution < -0.4 is 10.6 Å². The fraction of sp³-hybridized carbons (Fsp3) is 0.517. The van der Waals surface area contributed by atoms with E-state index in [0.29, 0.717) is 16.8 Å². The molecule has 1 spiro atoms. The van der Waals surface area contributed by atoms with Gasteiger partial charge in [-0.1, -0.05) is 24.3 Å². The van der Waals surface area contributed by atoms with Gasteiger partial charge in [-0.3, -0.25) is 9.69 Å². The van der Waals surface area contributed by atoms with Crippen LogP contribution in [0.2, 0.25) is 0 Å². The normalized spacial score (nSPS) is 32.4. The summed E-state index contributed by atoms with van der Waals surface area (Å²) in [6.45, 7) is 7.98. The number of carbonyl (C=O) groups excluding carboxylic acids is 1. The molecule has 7 rings (SSSR count). The molecular weight excluding hydrogens is 482 g/mol. The summed E-state index contributed by atoms with van der Waals surface area (Å²) in [6.07, 6.45) is 4.52. The Bertz CT molecular complexity index is 1330. The van der Waals surface area contributed by atoms with E-state index in [2.05, 4.69) is 15.5 Å². The van der Waals surface area contributed by atoms with Crippen LogP contribution in [-0.4, -0.2) is 76.2 Å². The molecule has 9 heteroatoms. The highest BCUT2D eigenvalue weighted by atomic mass is 16.8. The monoisotopic (exact) mass is 517 g/mol. The van der Waals surface area contributed by atoms with Gasteiger partial charge in [0, 0.05) is 24.2 Å². The topological polar surface area (TPSA) is 89.9 Å². The van der Waals surface area contributed by atoms with Crippen LogP contribution in [0.1, 0.15) is 49.7 Å². The zero-order valence-corrected chi connectivity index (χ0v) is 21.9. The second kappa shape index (κ2) is 9.14. The Hall–Kier alpha value is -2.82. The fourth-order valence-corrected chi connectivity index (χ4v) is 6.89. The molecule has 0 radical (unpaired) electrons. The van der Waals surface area contributed by atoms with Crippen molar-refractivity contribution in [2.24, 2.45) is 0 Å². The quantitative estimate of drug-likeness (QED) is 0.535. The highest BCUT2D eigenvalue weighted by Crippen LogP contribution is 2.45. The first kappa shape index (κ1) is 24.2. The first-order valence-electron chi connectivity index (χ1n) is 13.7. The number of hydrogen-bond donors (Lipinski definition) is 2. The van der Waals surface area contributed by atoms with Crippen LogP contribution in [0.25, 0.3) is 11.0 Å². The van der Waals surface area contributed by atoms with E-state index in [4.69, 9.17) is 19.2 Å². The van der Waals surface area contributed by atoms with Crippen LogP contribution in [0.15, 0.2) is 54.9 Å². The van der Waals surface area contributed by atoms with E-state index in [0.717, 1.165) is 31.7 Å². The molecule has 1 unspecified atom stereocenters. The number of hydrogen-bond acceptors (Lipinski definition) is 7. The summed E-state index contributed by atoms with van der Waals surface area (Å²) in [5.41, 5.74) is 3.10. The van der Waals surface area contributed by atoms with Gasteiger partial charge >= 0.3 is 0 Å². The molecule has 0 bridgehead atoms. The van der Waals surface area contributed by atoms with Crippen molar-refractivity contribution < 1.29 is 19.0 Å². The van der Waals surface area contributed by atoms with Gasteiger partial charge in [-0.2, -0.15) is 0 Å². The summed E-state index contributed by atoms with van der Waals surface area (Å²) < 4.78 is 21.6. The predicted octanol–water partition coefficient (Wildman–Crippen LogP) is 3.53. The molecule has 4 fully saturated rings. The lowest BCUT2D eigenvalue weighted by molar-refractivity contribution is -0.198. The highest BCUT2D eigenvalue weighted by Gasteiger charge is 2.57. The number of nitrogens with one attached hydrogen (secondary N) is 2. The number of benzene rings is 2. The number of imidazole rings is 1. The van der Waals surface area contributed by atoms with Gasteiger partial charge < -0.3 is 29.4 Å². The Morgan fingerprint density at radius 1 is 1.11 bits per heavy atom. The van der Waals surface area contributed by atoms with Gasteiger partial charge in [0.2, 0.25) is 0 Å². The molecule has 5 atom stereocenters. The third-order valence-corrected chi connectivity index (χ3v) is 8.65. The Balaban J connectivity index is 1.17. The first-order chi connectivity index (χ1) is 18.4. The standard InChI is InChI=1S/C29H35N5O4/c1-28(2)37-24-22(16-33-15-7-12-29(33)13-14-30-17-29)36-27(25(24)38-28)34-18-31-23-20(10-6-11-21(23)34)32-26(35)19-8-4-3-5-9-19/h3-6,8-11,18,22,24-25,27,30H,7,12-17H2,1-2H3,(H,32,35)/t22-,24-,25-,27-,29?/m1/s1. The van der Waals surface area contributed by atoms with E-state index in [1.165, 1.54) is 19.3 Å². The molecule has 2 N–H and O–H groups in total. The molecular formula is C29H35N5O4. The second-order valence-electron chi connectivity index (χ2n) is 11.5. The van der Waals surface area contributed by atoms with Gasteiger partial charge in [-0.05, 0) is 70.5 Å². The molecule has 0 aliphatic carbocycles. The number of nitrogens with zero attached hydrogens (tertiary/aromatic N) is 3. The third kappa shape index (κ3) is 4.04. The van der Waals surface area contributed by atoms with Crippen molar-refractivity contribution in [3.05, 3.63) is 60.4 Å². The zero-order valence-electron chi connectivity index (χ0n) is 21.9. The van der Waals surface area contributed by atoms with Crippen molar-refractivity contribution in [1.82, 2.24) is 19.8 Å². The van der Waals surface area contributed by atoms with E-state index in [1.807, 2.05) is 54.8 Å². The molecule has 9 nitrogen and oxygen atoms in total. The van der Waals surface area contributed by atoms with Gasteiger partial charge in [-0.25, -0.2) is 4.98 Å². The number of ether oxygens (including phenoxy) is 3. The number of carbonyl (C=O) groups is 1. The van der Waals surface area contributed by atoms with E-state index in [9.17, 15) is 4.79 Å². The van der Waals surface area contributed by atoms with Crippen LogP contribution >= 0.6 is 0 Å². The molecule has 5 heterocycles. The van der Waals surface area contributed by atoms with Crippen molar-refractivity contribution in [3.8, 4) is 0 Å². The number of rotatable bonds is 5. The summed E-state index contributed by atoms with van der Waals surface area (Å²) in [4.78, 5) is 20.2. The van der Waals surface area contributed by atoms with Gasteiger partial charge in [0.1, 0.15) is 23.8 Å². The average molecular weight is 518 g/mol. The van der Waals surface area contributed by atoms with Crippen molar-refractivity contribution in [1.29, 1.82) is 0 Å². The fourth-order valence-electron chi connectivity index (χ4n) is 6.89. The van der Waals surface area contributed by atoms with Crippen LogP contribution in [0.3, 0.4) is 0 Å². The smallest absolute Gasteiger partial charge is 0.255 e. The number of fused-ring (bicyclic) bond motifs is 2. The van der Waals surface area contributed by atoms with Crippen LogP contribution in [0.5, 0.6) is 0 Å². The zero-order chi connectivity index (χ0) is 25.9. The summed E-state index contributed by atoms with van der Waals surface area (Å²) in [7, 11) is 0. The number of amides is 1. The Labute approximate surface area is 222 Å². The lowest BCUT2D eigenvalue weighted by Crippen LogP contribution is -2.50. The molecule has 1 amide bonds. The van der Waals surface area contributed by atoms with E-state index < -0.39 is 5.79 Å². The van der Waals surface area contributed by atoms with Gasteiger partial charge in [0.25, 0.3) is 5.91 Å². The summed E-state index contributed by atoms with van der Waals surface area (Å²) in [5, 5.41) is 6.59. The van der Waals surface area contributed by atoms with Crippen LogP contribution in [0.4, 0.5) is 5.69 Å². The Morgan fingerprint density at radius 3 is 2.76 bits per heavy atom. The van der Waals surface area contributed by atoms with Crippen molar-refractivity contribution >= 4 is 22.6 Å². The van der Waals surface area contributed by atoms with Crippen molar-refractivity contribution in [2.45, 2.75) is 69.0 Å². The van der Waals surface area contributed by atoms with E-state index in [1.54, 1.807) is 18.5 Å². The maximum atomic E-state index is 12.8. The molecule has 1 aromatic heterocycles. The summed E-state index contributed by atoms with van der Waals surface area (Å²) in [6, 6.07) is 15.0. The number of aromatic nitrogens is 2. The number of para-hydroxylation sites is 1. The van der Waals surface area contributed by atoms with Crippen molar-refractivity contribution in [2.75, 3.05) is 31.5 Å². The largest absolute Gasteiger partial charge is 0.348 e. The summed E-state index contributed by atoms with van der Waals surface area (Å²) >= 11 is 0. The molecule has 4 saturated heterocycles. The van der Waals surface area contributed by atoms with Crippen LogP contribution in [-0.2, 0) is 14.2 Å². The third-order valence-electron chi connectivity index (χ3n) is 8.65. The minimum absolute atomic E-state index is 0.110. The van der Waals surface area contributed by atoms with Gasteiger partial charge in [0.15, 0.2) is 12.0 Å². The summed E-state index contributed by atoms with van der Waals surface area (Å²) in [5.74, 6) is -0.849. The lowest BCUT2D eigenvalue weighted by Gasteiger charge is -2.37. The highest BCUT2D eigenvalue weighted by molar-refractivity contribution is 6.08. The molecule has 2 aromatic carbocycles. The minimum Gasteiger partial charge on any atom is -0.348 e. The van der Waals surface area contributed by atoms with Crippen molar-refractivity contribution in [3.63, 3.8) is 0 Å². The molecule has 0 saturated carbocycles. The van der Waals surface area contributed by atoms with Gasteiger partial charge in [0.05, 0.1) is 17.5 Å². The SMILES string of the molecule is CC1(C)O[C@@H]2[C@H](O1)[C@@H](CN1CCCC13CCNC3)O[C@H]2n1cnc2c(NC(=O)c3ccccc3)cccc21.